The lowest BCUT2D eigenvalue weighted by Gasteiger charge is -2.32. The van der Waals surface area contributed by atoms with Crippen LogP contribution in [0.3, 0.4) is 0 Å². The summed E-state index contributed by atoms with van der Waals surface area (Å²) in [4.78, 5) is 20.6. The van der Waals surface area contributed by atoms with Gasteiger partial charge in [0.15, 0.2) is 0 Å². The molecule has 0 amide bonds. The van der Waals surface area contributed by atoms with Gasteiger partial charge in [-0.2, -0.15) is 13.2 Å². The maximum absolute atomic E-state index is 14.0. The number of benzene rings is 2. The summed E-state index contributed by atoms with van der Waals surface area (Å²) in [6.07, 6.45) is -4.91. The second-order valence-electron chi connectivity index (χ2n) is 6.08. The Kier molecular flexibility index (Phi) is 4.82. The van der Waals surface area contributed by atoms with Gasteiger partial charge in [-0.1, -0.05) is 29.8 Å². The van der Waals surface area contributed by atoms with Gasteiger partial charge in [0.05, 0.1) is 22.3 Å². The van der Waals surface area contributed by atoms with Gasteiger partial charge in [-0.25, -0.2) is 14.8 Å². The van der Waals surface area contributed by atoms with E-state index in [0.717, 1.165) is 6.92 Å². The molecular weight excluding hydrogens is 381 g/mol. The molecule has 0 fully saturated rings. The van der Waals surface area contributed by atoms with Crippen molar-refractivity contribution in [2.24, 2.45) is 0 Å². The normalized spacial score (nSPS) is 14.0. The van der Waals surface area contributed by atoms with Gasteiger partial charge in [0.1, 0.15) is 5.69 Å². The number of ether oxygens (including phenoxy) is 1. The van der Waals surface area contributed by atoms with Crippen LogP contribution in [-0.2, 0) is 10.3 Å². The first-order valence-electron chi connectivity index (χ1n) is 7.91. The molecule has 2 aromatic carbocycles. The third kappa shape index (κ3) is 3.60. The third-order valence-corrected chi connectivity index (χ3v) is 4.33. The highest BCUT2D eigenvalue weighted by molar-refractivity contribution is 6.30. The summed E-state index contributed by atoms with van der Waals surface area (Å²) in [5.74, 6) is -1.16. The summed E-state index contributed by atoms with van der Waals surface area (Å²) in [7, 11) is 0. The number of nitrogens with zero attached hydrogens (tertiary/aromatic N) is 2. The summed E-state index contributed by atoms with van der Waals surface area (Å²) in [5.41, 5.74) is -2.80. The molecule has 3 aromatic rings. The highest BCUT2D eigenvalue weighted by Gasteiger charge is 2.58. The smallest absolute Gasteiger partial charge is 0.434 e. The molecule has 27 heavy (non-hydrogen) atoms. The van der Waals surface area contributed by atoms with E-state index in [1.807, 2.05) is 0 Å². The van der Waals surface area contributed by atoms with Gasteiger partial charge in [0.2, 0.25) is 5.60 Å². The molecule has 0 N–H and O–H groups in total. The molecular formula is C19H14ClF3N2O2. The number of rotatable bonds is 3. The Morgan fingerprint density at radius 3 is 2.26 bits per heavy atom. The highest BCUT2D eigenvalue weighted by Crippen LogP contribution is 2.43. The number of carbonyl (C=O) groups excluding carboxylic acids is 1. The lowest BCUT2D eigenvalue weighted by molar-refractivity contribution is -0.259. The SMILES string of the molecule is Cc1nc2ccccc2nc1C(C)(OC(=O)c1cccc(Cl)c1)C(F)(F)F. The van der Waals surface area contributed by atoms with Crippen molar-refractivity contribution in [3.63, 3.8) is 0 Å². The van der Waals surface area contributed by atoms with E-state index in [0.29, 0.717) is 5.52 Å². The standard InChI is InChI=1S/C19H14ClF3N2O2/c1-11-16(25-15-9-4-3-8-14(15)24-11)18(2,19(21,22)23)27-17(26)12-6-5-7-13(20)10-12/h3-10H,1-2H3. The number of hydrogen-bond acceptors (Lipinski definition) is 4. The Labute approximate surface area is 158 Å². The zero-order valence-corrected chi connectivity index (χ0v) is 15.1. The fourth-order valence-corrected chi connectivity index (χ4v) is 2.83. The predicted octanol–water partition coefficient (Wildman–Crippen LogP) is 5.23. The first-order valence-corrected chi connectivity index (χ1v) is 8.29. The molecule has 0 aliphatic heterocycles. The maximum atomic E-state index is 14.0. The minimum Gasteiger partial charge on any atom is -0.439 e. The molecule has 0 spiro atoms. The first-order chi connectivity index (χ1) is 12.6. The van der Waals surface area contributed by atoms with Gasteiger partial charge in [0.25, 0.3) is 0 Å². The van der Waals surface area contributed by atoms with Crippen molar-refractivity contribution in [3.8, 4) is 0 Å². The Morgan fingerprint density at radius 1 is 1.04 bits per heavy atom. The van der Waals surface area contributed by atoms with E-state index in [4.69, 9.17) is 16.3 Å². The summed E-state index contributed by atoms with van der Waals surface area (Å²) >= 11 is 5.81. The number of halogens is 4. The lowest BCUT2D eigenvalue weighted by Crippen LogP contribution is -2.45. The number of aromatic nitrogens is 2. The quantitative estimate of drug-likeness (QED) is 0.571. The van der Waals surface area contributed by atoms with E-state index >= 15 is 0 Å². The van der Waals surface area contributed by atoms with Crippen LogP contribution in [0.25, 0.3) is 11.0 Å². The molecule has 1 unspecified atom stereocenters. The Bertz CT molecular complexity index is 1020. The number of para-hydroxylation sites is 2. The second-order valence-corrected chi connectivity index (χ2v) is 6.51. The van der Waals surface area contributed by atoms with Crippen molar-refractivity contribution in [2.75, 3.05) is 0 Å². The molecule has 1 atom stereocenters. The summed E-state index contributed by atoms with van der Waals surface area (Å²) in [6.45, 7) is 2.16. The topological polar surface area (TPSA) is 52.1 Å². The van der Waals surface area contributed by atoms with Crippen LogP contribution >= 0.6 is 11.6 Å². The van der Waals surface area contributed by atoms with Crippen molar-refractivity contribution < 1.29 is 22.7 Å². The van der Waals surface area contributed by atoms with Crippen LogP contribution in [-0.4, -0.2) is 22.1 Å². The van der Waals surface area contributed by atoms with Crippen molar-refractivity contribution in [1.82, 2.24) is 9.97 Å². The van der Waals surface area contributed by atoms with Crippen LogP contribution in [0.2, 0.25) is 5.02 Å². The Hall–Kier alpha value is -2.67. The van der Waals surface area contributed by atoms with Gasteiger partial charge in [-0.05, 0) is 44.2 Å². The van der Waals surface area contributed by atoms with E-state index in [-0.39, 0.29) is 21.8 Å². The number of esters is 1. The Balaban J connectivity index is 2.11. The molecule has 0 bridgehead atoms. The van der Waals surface area contributed by atoms with Gasteiger partial charge in [0, 0.05) is 5.02 Å². The van der Waals surface area contributed by atoms with E-state index in [1.54, 1.807) is 24.3 Å². The molecule has 1 aromatic heterocycles. The zero-order chi connectivity index (χ0) is 19.8. The molecule has 0 saturated carbocycles. The highest BCUT2D eigenvalue weighted by atomic mass is 35.5. The monoisotopic (exact) mass is 394 g/mol. The van der Waals surface area contributed by atoms with E-state index in [9.17, 15) is 18.0 Å². The first kappa shape index (κ1) is 19.1. The number of aryl methyl sites for hydroxylation is 1. The molecule has 0 aliphatic rings. The fourth-order valence-electron chi connectivity index (χ4n) is 2.64. The van der Waals surface area contributed by atoms with Crippen LogP contribution < -0.4 is 0 Å². The summed E-state index contributed by atoms with van der Waals surface area (Å²) < 4.78 is 46.8. The average Bonchev–Trinajstić information content (AvgIpc) is 2.60. The van der Waals surface area contributed by atoms with Gasteiger partial charge in [-0.15, -0.1) is 0 Å². The molecule has 3 rings (SSSR count). The number of hydrogen-bond donors (Lipinski definition) is 0. The molecule has 1 heterocycles. The Morgan fingerprint density at radius 2 is 1.67 bits per heavy atom. The van der Waals surface area contributed by atoms with Crippen LogP contribution in [0.5, 0.6) is 0 Å². The van der Waals surface area contributed by atoms with Crippen molar-refractivity contribution in [3.05, 3.63) is 70.5 Å². The molecule has 0 aliphatic carbocycles. The van der Waals surface area contributed by atoms with Crippen LogP contribution in [0.4, 0.5) is 13.2 Å². The fraction of sp³-hybridized carbons (Fsp3) is 0.211. The van der Waals surface area contributed by atoms with Gasteiger partial charge >= 0.3 is 12.1 Å². The van der Waals surface area contributed by atoms with Gasteiger partial charge < -0.3 is 4.74 Å². The molecule has 140 valence electrons. The lowest BCUT2D eigenvalue weighted by atomic mass is 9.98. The summed E-state index contributed by atoms with van der Waals surface area (Å²) in [6, 6.07) is 12.0. The van der Waals surface area contributed by atoms with Crippen molar-refractivity contribution in [1.29, 1.82) is 0 Å². The number of alkyl halides is 3. The minimum absolute atomic E-state index is 0.0208. The molecule has 4 nitrogen and oxygen atoms in total. The van der Waals surface area contributed by atoms with E-state index < -0.39 is 23.4 Å². The zero-order valence-electron chi connectivity index (χ0n) is 14.3. The van der Waals surface area contributed by atoms with E-state index in [1.165, 1.54) is 31.2 Å². The molecule has 0 saturated heterocycles. The molecule has 0 radical (unpaired) electrons. The van der Waals surface area contributed by atoms with E-state index in [2.05, 4.69) is 9.97 Å². The second kappa shape index (κ2) is 6.81. The van der Waals surface area contributed by atoms with Crippen LogP contribution in [0.1, 0.15) is 28.7 Å². The van der Waals surface area contributed by atoms with Crippen LogP contribution in [0.15, 0.2) is 48.5 Å². The minimum atomic E-state index is -4.91. The molecule has 8 heteroatoms. The number of carbonyl (C=O) groups is 1. The van der Waals surface area contributed by atoms with Crippen molar-refractivity contribution in [2.45, 2.75) is 25.6 Å². The summed E-state index contributed by atoms with van der Waals surface area (Å²) in [5, 5.41) is 0.208. The van der Waals surface area contributed by atoms with Gasteiger partial charge in [-0.3, -0.25) is 0 Å². The van der Waals surface area contributed by atoms with Crippen molar-refractivity contribution >= 4 is 28.6 Å². The third-order valence-electron chi connectivity index (χ3n) is 4.09. The van der Waals surface area contributed by atoms with Crippen LogP contribution in [0, 0.1) is 6.92 Å². The maximum Gasteiger partial charge on any atom is 0.434 e. The predicted molar refractivity (Wildman–Crippen MR) is 94.5 cm³/mol. The largest absolute Gasteiger partial charge is 0.439 e. The number of fused-ring (bicyclic) bond motifs is 1. The average molecular weight is 395 g/mol.